The second-order valence-corrected chi connectivity index (χ2v) is 7.84. The fourth-order valence-electron chi connectivity index (χ4n) is 2.64. The molecule has 19 heavy (non-hydrogen) atoms. The first-order valence-electron chi connectivity index (χ1n) is 9.23. The zero-order chi connectivity index (χ0) is 14.0. The van der Waals surface area contributed by atoms with Crippen molar-refractivity contribution in [2.45, 2.75) is 116 Å². The molecule has 115 valence electrons. The normalized spacial score (nSPS) is 11.1. The van der Waals surface area contributed by atoms with Gasteiger partial charge in [-0.3, -0.25) is 0 Å². The average Bonchev–Trinajstić information content (AvgIpc) is 2.43. The fourth-order valence-corrected chi connectivity index (χ4v) is 4.08. The Morgan fingerprint density at radius 1 is 0.421 bits per heavy atom. The lowest BCUT2D eigenvalue weighted by atomic mass is 10.1. The largest absolute Gasteiger partial charge is 0.0654 e. The third-order valence-corrected chi connectivity index (χ3v) is 5.66. The molecule has 0 aliphatic carbocycles. The van der Waals surface area contributed by atoms with E-state index in [4.69, 9.17) is 0 Å². The van der Waals surface area contributed by atoms with E-state index in [0.717, 1.165) is 9.52 Å². The molecular weight excluding hydrogens is 244 g/mol. The molecule has 0 atom stereocenters. The van der Waals surface area contributed by atoms with Gasteiger partial charge in [-0.05, 0) is 0 Å². The molecule has 0 heterocycles. The molecule has 0 N–H and O–H groups in total. The van der Waals surface area contributed by atoms with Crippen molar-refractivity contribution in [1.82, 2.24) is 0 Å². The molecule has 0 aliphatic heterocycles. The standard InChI is InChI=1S/C18H39Si/c1-3-5-7-9-11-12-14-16-18-19-17-15-13-10-8-6-4-2/h19H,3-18H2,1-2H3. The highest BCUT2D eigenvalue weighted by Gasteiger charge is 1.94. The molecule has 0 amide bonds. The summed E-state index contributed by atoms with van der Waals surface area (Å²) in [5.41, 5.74) is 0. The Balaban J connectivity index is 2.88. The van der Waals surface area contributed by atoms with Crippen LogP contribution >= 0.6 is 0 Å². The maximum Gasteiger partial charge on any atom is 0.0280 e. The quantitative estimate of drug-likeness (QED) is 0.217. The van der Waals surface area contributed by atoms with Crippen LogP contribution < -0.4 is 0 Å². The molecule has 0 aromatic rings. The van der Waals surface area contributed by atoms with Gasteiger partial charge < -0.3 is 0 Å². The second kappa shape index (κ2) is 18.2. The fraction of sp³-hybridized carbons (Fsp3) is 1.00. The van der Waals surface area contributed by atoms with Crippen LogP contribution in [0.25, 0.3) is 0 Å². The van der Waals surface area contributed by atoms with Crippen LogP contribution in [0.5, 0.6) is 0 Å². The average molecular weight is 284 g/mol. The molecule has 0 fully saturated rings. The minimum Gasteiger partial charge on any atom is -0.0654 e. The second-order valence-electron chi connectivity index (χ2n) is 6.11. The van der Waals surface area contributed by atoms with Crippen LogP contribution in [0, 0.1) is 0 Å². The van der Waals surface area contributed by atoms with Crippen molar-refractivity contribution < 1.29 is 0 Å². The molecule has 0 aromatic carbocycles. The van der Waals surface area contributed by atoms with Gasteiger partial charge in [-0.2, -0.15) is 0 Å². The molecule has 0 saturated carbocycles. The van der Waals surface area contributed by atoms with Crippen molar-refractivity contribution in [3.63, 3.8) is 0 Å². The number of hydrogen-bond donors (Lipinski definition) is 0. The maximum atomic E-state index is 2.30. The smallest absolute Gasteiger partial charge is 0.0280 e. The Hall–Kier alpha value is 0.217. The molecule has 1 radical (unpaired) electrons. The maximum absolute atomic E-state index is 2.30. The van der Waals surface area contributed by atoms with Gasteiger partial charge in [0.1, 0.15) is 0 Å². The van der Waals surface area contributed by atoms with Gasteiger partial charge in [0, 0.05) is 9.52 Å². The summed E-state index contributed by atoms with van der Waals surface area (Å²) in [6, 6.07) is 3.15. The van der Waals surface area contributed by atoms with Crippen molar-refractivity contribution in [1.29, 1.82) is 0 Å². The minimum atomic E-state index is 0.790. The van der Waals surface area contributed by atoms with E-state index in [2.05, 4.69) is 13.8 Å². The molecule has 0 aromatic heterocycles. The van der Waals surface area contributed by atoms with E-state index in [1.807, 2.05) is 0 Å². The van der Waals surface area contributed by atoms with E-state index in [1.165, 1.54) is 89.9 Å². The Labute approximate surface area is 126 Å². The van der Waals surface area contributed by atoms with Crippen LogP contribution in [0.2, 0.25) is 12.1 Å². The zero-order valence-corrected chi connectivity index (χ0v) is 15.0. The predicted octanol–water partition coefficient (Wildman–Crippen LogP) is 6.76. The van der Waals surface area contributed by atoms with Crippen LogP contribution in [-0.2, 0) is 0 Å². The van der Waals surface area contributed by atoms with Crippen molar-refractivity contribution in [3.05, 3.63) is 0 Å². The molecule has 0 unspecified atom stereocenters. The summed E-state index contributed by atoms with van der Waals surface area (Å²) in [5, 5.41) is 0. The molecule has 0 spiro atoms. The van der Waals surface area contributed by atoms with E-state index in [0.29, 0.717) is 0 Å². The van der Waals surface area contributed by atoms with Crippen molar-refractivity contribution >= 4 is 9.52 Å². The van der Waals surface area contributed by atoms with E-state index in [-0.39, 0.29) is 0 Å². The van der Waals surface area contributed by atoms with Gasteiger partial charge in [-0.1, -0.05) is 116 Å². The first-order chi connectivity index (χ1) is 9.41. The lowest BCUT2D eigenvalue weighted by molar-refractivity contribution is 0.584. The van der Waals surface area contributed by atoms with Gasteiger partial charge in [0.05, 0.1) is 0 Å². The van der Waals surface area contributed by atoms with Crippen LogP contribution in [-0.4, -0.2) is 9.52 Å². The summed E-state index contributed by atoms with van der Waals surface area (Å²) in [5.74, 6) is 0. The van der Waals surface area contributed by atoms with Crippen molar-refractivity contribution in [2.24, 2.45) is 0 Å². The minimum absolute atomic E-state index is 0.790. The lowest BCUT2D eigenvalue weighted by Crippen LogP contribution is -1.90. The Bertz CT molecular complexity index is 129. The third-order valence-electron chi connectivity index (χ3n) is 4.02. The Kier molecular flexibility index (Phi) is 18.4. The van der Waals surface area contributed by atoms with Crippen molar-refractivity contribution in [3.8, 4) is 0 Å². The SMILES string of the molecule is CCCCCCCCCC[SiH]CCCCCCCC. The van der Waals surface area contributed by atoms with Crippen LogP contribution in [0.4, 0.5) is 0 Å². The molecule has 0 nitrogen and oxygen atoms in total. The third kappa shape index (κ3) is 18.2. The van der Waals surface area contributed by atoms with Gasteiger partial charge in [-0.15, -0.1) is 0 Å². The summed E-state index contributed by atoms with van der Waals surface area (Å²) in [7, 11) is 0.790. The van der Waals surface area contributed by atoms with Gasteiger partial charge in [0.15, 0.2) is 0 Å². The van der Waals surface area contributed by atoms with Crippen LogP contribution in [0.3, 0.4) is 0 Å². The number of unbranched alkanes of at least 4 members (excludes halogenated alkanes) is 12. The van der Waals surface area contributed by atoms with Gasteiger partial charge in [-0.25, -0.2) is 0 Å². The molecule has 1 heteroatoms. The zero-order valence-electron chi connectivity index (χ0n) is 13.9. The Morgan fingerprint density at radius 2 is 0.737 bits per heavy atom. The first kappa shape index (κ1) is 19.2. The molecule has 0 aliphatic rings. The monoisotopic (exact) mass is 283 g/mol. The van der Waals surface area contributed by atoms with Crippen LogP contribution in [0.1, 0.15) is 104 Å². The van der Waals surface area contributed by atoms with E-state index in [9.17, 15) is 0 Å². The van der Waals surface area contributed by atoms with E-state index >= 15 is 0 Å². The highest BCUT2D eigenvalue weighted by molar-refractivity contribution is 6.35. The van der Waals surface area contributed by atoms with Gasteiger partial charge >= 0.3 is 0 Å². The highest BCUT2D eigenvalue weighted by atomic mass is 28.2. The highest BCUT2D eigenvalue weighted by Crippen LogP contribution is 2.11. The van der Waals surface area contributed by atoms with Crippen molar-refractivity contribution in [2.75, 3.05) is 0 Å². The van der Waals surface area contributed by atoms with E-state index < -0.39 is 0 Å². The molecular formula is C18H39Si. The summed E-state index contributed by atoms with van der Waals surface area (Å²) in [6.45, 7) is 4.60. The number of rotatable bonds is 16. The molecule has 0 rings (SSSR count). The van der Waals surface area contributed by atoms with Gasteiger partial charge in [0.25, 0.3) is 0 Å². The number of hydrogen-bond acceptors (Lipinski definition) is 0. The summed E-state index contributed by atoms with van der Waals surface area (Å²) < 4.78 is 0. The predicted molar refractivity (Wildman–Crippen MR) is 92.7 cm³/mol. The Morgan fingerprint density at radius 3 is 1.11 bits per heavy atom. The van der Waals surface area contributed by atoms with E-state index in [1.54, 1.807) is 12.1 Å². The van der Waals surface area contributed by atoms with Gasteiger partial charge in [0.2, 0.25) is 0 Å². The van der Waals surface area contributed by atoms with Crippen LogP contribution in [0.15, 0.2) is 0 Å². The molecule has 0 bridgehead atoms. The summed E-state index contributed by atoms with van der Waals surface area (Å²) in [6.07, 6.45) is 20.6. The topological polar surface area (TPSA) is 0 Å². The first-order valence-corrected chi connectivity index (χ1v) is 10.9. The summed E-state index contributed by atoms with van der Waals surface area (Å²) in [4.78, 5) is 0. The molecule has 0 saturated heterocycles. The summed E-state index contributed by atoms with van der Waals surface area (Å²) >= 11 is 0. The lowest BCUT2D eigenvalue weighted by Gasteiger charge is -2.02.